The Labute approximate surface area is 241 Å². The van der Waals surface area contributed by atoms with Gasteiger partial charge in [0.05, 0.1) is 18.3 Å². The molecule has 0 heterocycles. The van der Waals surface area contributed by atoms with Crippen LogP contribution < -0.4 is 14.4 Å². The first-order valence-corrected chi connectivity index (χ1v) is 14.7. The van der Waals surface area contributed by atoms with Crippen molar-refractivity contribution in [3.8, 4) is 5.75 Å². The zero-order valence-corrected chi connectivity index (χ0v) is 24.5. The first-order valence-electron chi connectivity index (χ1n) is 12.0. The fraction of sp³-hybridized carbons (Fsp3) is 0.259. The third-order valence-electron chi connectivity index (χ3n) is 6.10. The topological polar surface area (TPSA) is 139 Å². The predicted octanol–water partition coefficient (Wildman–Crippen LogP) is 3.52. The minimum Gasteiger partial charge on any atom is -0.495 e. The summed E-state index contributed by atoms with van der Waals surface area (Å²) in [5, 5.41) is 14.0. The van der Waals surface area contributed by atoms with Gasteiger partial charge >= 0.3 is 0 Å². The minimum atomic E-state index is -4.13. The molecule has 0 aliphatic heterocycles. The van der Waals surface area contributed by atoms with E-state index in [2.05, 4.69) is 21.2 Å². The van der Waals surface area contributed by atoms with Gasteiger partial charge in [0.2, 0.25) is 21.8 Å². The molecule has 0 unspecified atom stereocenters. The molecule has 40 heavy (non-hydrogen) atoms. The van der Waals surface area contributed by atoms with E-state index in [0.29, 0.717) is 5.56 Å². The molecule has 11 nitrogen and oxygen atoms in total. The molecule has 13 heteroatoms. The number of halogens is 1. The van der Waals surface area contributed by atoms with Gasteiger partial charge in [-0.15, -0.1) is 0 Å². The van der Waals surface area contributed by atoms with Crippen LogP contribution in [-0.2, 0) is 32.6 Å². The Morgan fingerprint density at radius 1 is 1.05 bits per heavy atom. The minimum absolute atomic E-state index is 0.000702. The van der Waals surface area contributed by atoms with E-state index in [-0.39, 0.29) is 30.1 Å². The SMILES string of the molecule is CNC(=O)[C@@H](Cc1ccccc1)N(Cc1ccc(Br)cc1)C(=O)CN(c1cc([N+](=O)[O-])ccc1OC)S(C)(=O)=O. The van der Waals surface area contributed by atoms with E-state index in [0.717, 1.165) is 26.7 Å². The van der Waals surface area contributed by atoms with E-state index in [1.807, 2.05) is 30.3 Å². The molecule has 212 valence electrons. The van der Waals surface area contributed by atoms with Crippen LogP contribution >= 0.6 is 15.9 Å². The van der Waals surface area contributed by atoms with Crippen LogP contribution in [0.25, 0.3) is 0 Å². The Kier molecular flexibility index (Phi) is 10.2. The summed E-state index contributed by atoms with van der Waals surface area (Å²) in [5.41, 5.74) is 0.953. The molecule has 0 radical (unpaired) electrons. The number of carbonyl (C=O) groups is 2. The summed E-state index contributed by atoms with van der Waals surface area (Å²) in [6, 6.07) is 18.8. The van der Waals surface area contributed by atoms with E-state index in [9.17, 15) is 28.1 Å². The number of benzene rings is 3. The van der Waals surface area contributed by atoms with Crippen LogP contribution in [-0.4, -0.2) is 63.1 Å². The normalized spacial score (nSPS) is 11.8. The zero-order chi connectivity index (χ0) is 29.4. The highest BCUT2D eigenvalue weighted by molar-refractivity contribution is 9.10. The van der Waals surface area contributed by atoms with Crippen LogP contribution in [0.5, 0.6) is 5.75 Å². The molecule has 0 aliphatic rings. The van der Waals surface area contributed by atoms with Crippen molar-refractivity contribution in [1.82, 2.24) is 10.2 Å². The summed E-state index contributed by atoms with van der Waals surface area (Å²) < 4.78 is 32.7. The van der Waals surface area contributed by atoms with E-state index < -0.39 is 39.3 Å². The number of nitrogens with one attached hydrogen (secondary N) is 1. The van der Waals surface area contributed by atoms with Gasteiger partial charge < -0.3 is 15.0 Å². The molecule has 0 spiro atoms. The summed E-state index contributed by atoms with van der Waals surface area (Å²) >= 11 is 3.38. The van der Waals surface area contributed by atoms with Gasteiger partial charge in [-0.3, -0.25) is 24.0 Å². The summed E-state index contributed by atoms with van der Waals surface area (Å²) in [6.07, 6.45) is 1.06. The van der Waals surface area contributed by atoms with Crippen molar-refractivity contribution >= 4 is 49.1 Å². The smallest absolute Gasteiger partial charge is 0.271 e. The van der Waals surface area contributed by atoms with Crippen molar-refractivity contribution in [2.45, 2.75) is 19.0 Å². The molecule has 3 aromatic rings. The maximum Gasteiger partial charge on any atom is 0.271 e. The average molecular weight is 634 g/mol. The number of carbonyl (C=O) groups excluding carboxylic acids is 2. The monoisotopic (exact) mass is 632 g/mol. The molecule has 1 N–H and O–H groups in total. The van der Waals surface area contributed by atoms with E-state index in [1.54, 1.807) is 24.3 Å². The van der Waals surface area contributed by atoms with Crippen LogP contribution in [0.15, 0.2) is 77.3 Å². The Bertz CT molecular complexity index is 1470. The van der Waals surface area contributed by atoms with Gasteiger partial charge in [0.25, 0.3) is 5.69 Å². The Hall–Kier alpha value is -3.97. The lowest BCUT2D eigenvalue weighted by Crippen LogP contribution is -2.52. The maximum absolute atomic E-state index is 14.0. The standard InChI is InChI=1S/C27H29BrN4O7S/c1-29-27(34)24(15-19-7-5-4-6-8-19)30(17-20-9-11-21(28)12-10-20)26(33)18-31(40(3,37)38)23-16-22(32(35)36)13-14-25(23)39-2/h4-14,16,24H,15,17-18H2,1-3H3,(H,29,34)/t24-/m1/s1. The molecule has 0 fully saturated rings. The summed E-state index contributed by atoms with van der Waals surface area (Å²) in [7, 11) is -1.39. The van der Waals surface area contributed by atoms with Gasteiger partial charge in [0.1, 0.15) is 24.0 Å². The molecular weight excluding hydrogens is 604 g/mol. The van der Waals surface area contributed by atoms with Crippen LogP contribution in [0.2, 0.25) is 0 Å². The highest BCUT2D eigenvalue weighted by Crippen LogP contribution is 2.34. The fourth-order valence-electron chi connectivity index (χ4n) is 4.09. The van der Waals surface area contributed by atoms with Crippen molar-refractivity contribution in [2.75, 3.05) is 31.3 Å². The van der Waals surface area contributed by atoms with Crippen molar-refractivity contribution in [3.63, 3.8) is 0 Å². The third kappa shape index (κ3) is 7.79. The molecule has 0 bridgehead atoms. The van der Waals surface area contributed by atoms with Crippen molar-refractivity contribution in [2.24, 2.45) is 0 Å². The van der Waals surface area contributed by atoms with Crippen molar-refractivity contribution in [3.05, 3.63) is 98.5 Å². The Balaban J connectivity index is 2.09. The number of anilines is 1. The van der Waals surface area contributed by atoms with Gasteiger partial charge in [-0.1, -0.05) is 58.4 Å². The zero-order valence-electron chi connectivity index (χ0n) is 22.1. The number of methoxy groups -OCH3 is 1. The van der Waals surface area contributed by atoms with Gasteiger partial charge in [-0.25, -0.2) is 8.42 Å². The van der Waals surface area contributed by atoms with Crippen molar-refractivity contribution in [1.29, 1.82) is 0 Å². The highest BCUT2D eigenvalue weighted by Gasteiger charge is 2.34. The molecule has 0 aromatic heterocycles. The number of rotatable bonds is 12. The van der Waals surface area contributed by atoms with Crippen LogP contribution in [0.3, 0.4) is 0 Å². The van der Waals surface area contributed by atoms with Crippen LogP contribution in [0.4, 0.5) is 11.4 Å². The first-order chi connectivity index (χ1) is 18.9. The maximum atomic E-state index is 14.0. The highest BCUT2D eigenvalue weighted by atomic mass is 79.9. The van der Waals surface area contributed by atoms with Crippen LogP contribution in [0, 0.1) is 10.1 Å². The summed E-state index contributed by atoms with van der Waals surface area (Å²) in [4.78, 5) is 39.2. The number of hydrogen-bond donors (Lipinski definition) is 1. The number of hydrogen-bond acceptors (Lipinski definition) is 7. The lowest BCUT2D eigenvalue weighted by atomic mass is 10.0. The number of nitro benzene ring substituents is 1. The Morgan fingerprint density at radius 2 is 1.70 bits per heavy atom. The number of nitrogens with zero attached hydrogens (tertiary/aromatic N) is 3. The molecule has 0 aliphatic carbocycles. The second-order valence-corrected chi connectivity index (χ2v) is 11.7. The van der Waals surface area contributed by atoms with E-state index in [4.69, 9.17) is 4.74 Å². The molecule has 2 amide bonds. The predicted molar refractivity (Wildman–Crippen MR) is 155 cm³/mol. The first kappa shape index (κ1) is 30.6. The summed E-state index contributed by atoms with van der Waals surface area (Å²) in [5.74, 6) is -1.10. The van der Waals surface area contributed by atoms with Gasteiger partial charge in [0.15, 0.2) is 0 Å². The van der Waals surface area contributed by atoms with Gasteiger partial charge in [-0.05, 0) is 29.3 Å². The second-order valence-electron chi connectivity index (χ2n) is 8.85. The van der Waals surface area contributed by atoms with E-state index >= 15 is 0 Å². The molecular formula is C27H29BrN4O7S. The summed E-state index contributed by atoms with van der Waals surface area (Å²) in [6.45, 7) is -0.726. The average Bonchev–Trinajstić information content (AvgIpc) is 2.93. The van der Waals surface area contributed by atoms with Crippen LogP contribution in [0.1, 0.15) is 11.1 Å². The number of sulfonamides is 1. The lowest BCUT2D eigenvalue weighted by Gasteiger charge is -2.33. The quantitative estimate of drug-likeness (QED) is 0.238. The van der Waals surface area contributed by atoms with Crippen molar-refractivity contribution < 1.29 is 27.7 Å². The number of nitro groups is 1. The number of amides is 2. The number of ether oxygens (including phenoxy) is 1. The molecule has 3 rings (SSSR count). The largest absolute Gasteiger partial charge is 0.495 e. The van der Waals surface area contributed by atoms with Gasteiger partial charge in [0, 0.05) is 36.6 Å². The molecule has 0 saturated heterocycles. The fourth-order valence-corrected chi connectivity index (χ4v) is 5.20. The molecule has 3 aromatic carbocycles. The Morgan fingerprint density at radius 3 is 2.25 bits per heavy atom. The van der Waals surface area contributed by atoms with E-state index in [1.165, 1.54) is 31.2 Å². The second kappa shape index (κ2) is 13.4. The third-order valence-corrected chi connectivity index (χ3v) is 7.76. The molecule has 0 saturated carbocycles. The van der Waals surface area contributed by atoms with Gasteiger partial charge in [-0.2, -0.15) is 0 Å². The lowest BCUT2D eigenvalue weighted by molar-refractivity contribution is -0.384. The number of likely N-dealkylation sites (N-methyl/N-ethyl adjacent to an activating group) is 1. The number of non-ortho nitro benzene ring substituents is 1. The molecule has 1 atom stereocenters.